The van der Waals surface area contributed by atoms with Crippen molar-refractivity contribution in [2.45, 2.75) is 63.1 Å². The number of nitrogens with zero attached hydrogens (tertiary/aromatic N) is 2. The number of cyclic esters (lactones) is 1. The van der Waals surface area contributed by atoms with E-state index < -0.39 is 29.8 Å². The van der Waals surface area contributed by atoms with Gasteiger partial charge in [-0.25, -0.2) is 28.1 Å². The lowest BCUT2D eigenvalue weighted by Crippen LogP contribution is -2.47. The van der Waals surface area contributed by atoms with Crippen LogP contribution in [0.1, 0.15) is 72.5 Å². The van der Waals surface area contributed by atoms with Crippen LogP contribution in [0.5, 0.6) is 0 Å². The highest BCUT2D eigenvalue weighted by Gasteiger charge is 2.41. The van der Waals surface area contributed by atoms with Gasteiger partial charge in [-0.3, -0.25) is 4.90 Å². The number of ether oxygens (including phenoxy) is 2. The van der Waals surface area contributed by atoms with E-state index in [4.69, 9.17) is 9.47 Å². The molecule has 11 heteroatoms. The molecule has 2 aromatic carbocycles. The number of benzene rings is 2. The summed E-state index contributed by atoms with van der Waals surface area (Å²) in [6.45, 7) is 3.53. The van der Waals surface area contributed by atoms with Crippen LogP contribution in [-0.2, 0) is 9.47 Å². The van der Waals surface area contributed by atoms with E-state index in [1.165, 1.54) is 6.07 Å². The molecule has 2 aliphatic heterocycles. The molecule has 3 fully saturated rings. The number of carbonyl (C=O) groups excluding carboxylic acids is 3. The molecule has 2 atom stereocenters. The van der Waals surface area contributed by atoms with E-state index >= 15 is 0 Å². The first kappa shape index (κ1) is 29.7. The summed E-state index contributed by atoms with van der Waals surface area (Å²) in [7, 11) is 0. The van der Waals surface area contributed by atoms with E-state index in [9.17, 15) is 23.2 Å². The maximum absolute atomic E-state index is 13.8. The van der Waals surface area contributed by atoms with Gasteiger partial charge in [0.1, 0.15) is 12.6 Å². The van der Waals surface area contributed by atoms with Gasteiger partial charge < -0.3 is 14.8 Å². The number of hydrogen-bond donors (Lipinski definition) is 1. The highest BCUT2D eigenvalue weighted by molar-refractivity contribution is 5.93. The van der Waals surface area contributed by atoms with Crippen LogP contribution in [-0.4, -0.2) is 66.3 Å². The molecule has 0 unspecified atom stereocenters. The number of carbonyl (C=O) groups is 3. The van der Waals surface area contributed by atoms with Crippen molar-refractivity contribution in [3.8, 4) is 0 Å². The van der Waals surface area contributed by atoms with Gasteiger partial charge in [-0.15, -0.1) is 12.4 Å². The molecule has 216 valence electrons. The van der Waals surface area contributed by atoms with Crippen molar-refractivity contribution in [1.29, 1.82) is 0 Å². The number of amides is 3. The zero-order valence-corrected chi connectivity index (χ0v) is 23.1. The number of nitrogens with one attached hydrogen (secondary N) is 1. The smallest absolute Gasteiger partial charge is 0.418 e. The average Bonchev–Trinajstić information content (AvgIpc) is 3.57. The second-order valence-electron chi connectivity index (χ2n) is 10.4. The van der Waals surface area contributed by atoms with Gasteiger partial charge in [0.2, 0.25) is 0 Å². The fourth-order valence-electron chi connectivity index (χ4n) is 6.09. The Morgan fingerprint density at radius 1 is 1.05 bits per heavy atom. The van der Waals surface area contributed by atoms with Crippen LogP contribution in [0.3, 0.4) is 0 Å². The topological polar surface area (TPSA) is 88.2 Å². The lowest BCUT2D eigenvalue weighted by atomic mass is 9.79. The number of urea groups is 1. The second-order valence-corrected chi connectivity index (χ2v) is 10.4. The van der Waals surface area contributed by atoms with Crippen molar-refractivity contribution in [3.63, 3.8) is 0 Å². The molecule has 40 heavy (non-hydrogen) atoms. The van der Waals surface area contributed by atoms with Crippen molar-refractivity contribution in [2.75, 3.05) is 26.3 Å². The van der Waals surface area contributed by atoms with E-state index in [1.807, 2.05) is 24.3 Å². The fraction of sp³-hybridized carbons (Fsp3) is 0.483. The molecular weight excluding hydrogens is 544 g/mol. The molecule has 1 N–H and O–H groups in total. The van der Waals surface area contributed by atoms with Crippen LogP contribution in [0.25, 0.3) is 0 Å². The van der Waals surface area contributed by atoms with E-state index in [2.05, 4.69) is 10.2 Å². The van der Waals surface area contributed by atoms with Gasteiger partial charge in [0.25, 0.3) is 0 Å². The van der Waals surface area contributed by atoms with E-state index in [1.54, 1.807) is 6.92 Å². The summed E-state index contributed by atoms with van der Waals surface area (Å²) in [5.41, 5.74) is 1.99. The molecule has 0 spiro atoms. The predicted octanol–water partition coefficient (Wildman–Crippen LogP) is 5.57. The van der Waals surface area contributed by atoms with Crippen LogP contribution in [0.2, 0.25) is 0 Å². The van der Waals surface area contributed by atoms with Gasteiger partial charge in [-0.05, 0) is 74.3 Å². The third kappa shape index (κ3) is 6.23. The van der Waals surface area contributed by atoms with E-state index in [0.717, 1.165) is 61.2 Å². The molecule has 3 aliphatic rings. The SMILES string of the molecule is CCOC(=O)c1ccccc1[C@H]1CC[C@H](N2CC[C@@H](NC(=O)N3C(=O)OC[C@@H]3c3ccc(F)c(F)c3)C2)CC1.Cl. The number of imide groups is 1. The van der Waals surface area contributed by atoms with E-state index in [-0.39, 0.29) is 31.0 Å². The van der Waals surface area contributed by atoms with Gasteiger partial charge >= 0.3 is 18.1 Å². The average molecular weight is 578 g/mol. The second kappa shape index (κ2) is 13.0. The lowest BCUT2D eigenvalue weighted by molar-refractivity contribution is 0.0523. The molecular formula is C29H34ClF2N3O5. The van der Waals surface area contributed by atoms with Crippen molar-refractivity contribution < 1.29 is 32.6 Å². The Morgan fingerprint density at radius 2 is 1.80 bits per heavy atom. The third-order valence-electron chi connectivity index (χ3n) is 8.08. The summed E-state index contributed by atoms with van der Waals surface area (Å²) in [6.07, 6.45) is 3.83. The van der Waals surface area contributed by atoms with Crippen molar-refractivity contribution in [1.82, 2.24) is 15.1 Å². The first-order valence-electron chi connectivity index (χ1n) is 13.6. The summed E-state index contributed by atoms with van der Waals surface area (Å²) in [5.74, 6) is -2.02. The Balaban J connectivity index is 0.00000370. The number of likely N-dealkylation sites (tertiary alicyclic amines) is 1. The van der Waals surface area contributed by atoms with Gasteiger partial charge in [0, 0.05) is 25.2 Å². The van der Waals surface area contributed by atoms with Crippen molar-refractivity contribution >= 4 is 30.5 Å². The predicted molar refractivity (Wildman–Crippen MR) is 145 cm³/mol. The molecule has 8 nitrogen and oxygen atoms in total. The molecule has 2 saturated heterocycles. The molecule has 1 aliphatic carbocycles. The van der Waals surface area contributed by atoms with Crippen LogP contribution < -0.4 is 5.32 Å². The molecule has 3 amide bonds. The van der Waals surface area contributed by atoms with Gasteiger partial charge in [-0.1, -0.05) is 24.3 Å². The van der Waals surface area contributed by atoms with Crippen molar-refractivity contribution in [2.24, 2.45) is 0 Å². The molecule has 2 heterocycles. The highest BCUT2D eigenvalue weighted by Crippen LogP contribution is 2.37. The minimum Gasteiger partial charge on any atom is -0.462 e. The Morgan fingerprint density at radius 3 is 2.52 bits per heavy atom. The van der Waals surface area contributed by atoms with Gasteiger partial charge in [0.15, 0.2) is 11.6 Å². The van der Waals surface area contributed by atoms with Crippen molar-refractivity contribution in [3.05, 3.63) is 70.8 Å². The Kier molecular flexibility index (Phi) is 9.63. The zero-order chi connectivity index (χ0) is 27.5. The number of rotatable bonds is 6. The summed E-state index contributed by atoms with van der Waals surface area (Å²) in [6, 6.07) is 9.82. The number of esters is 1. The minimum absolute atomic E-state index is 0. The van der Waals surface area contributed by atoms with Crippen LogP contribution in [0.15, 0.2) is 42.5 Å². The first-order valence-corrected chi connectivity index (χ1v) is 13.6. The number of hydrogen-bond acceptors (Lipinski definition) is 6. The zero-order valence-electron chi connectivity index (χ0n) is 22.3. The van der Waals surface area contributed by atoms with Crippen LogP contribution in [0, 0.1) is 11.6 Å². The molecule has 5 rings (SSSR count). The van der Waals surface area contributed by atoms with Crippen LogP contribution >= 0.6 is 12.4 Å². The fourth-order valence-corrected chi connectivity index (χ4v) is 6.09. The molecule has 0 aromatic heterocycles. The van der Waals surface area contributed by atoms with Crippen LogP contribution in [0.4, 0.5) is 18.4 Å². The molecule has 0 radical (unpaired) electrons. The molecule has 2 aromatic rings. The third-order valence-corrected chi connectivity index (χ3v) is 8.08. The largest absolute Gasteiger partial charge is 0.462 e. The van der Waals surface area contributed by atoms with Gasteiger partial charge in [-0.2, -0.15) is 0 Å². The molecule has 1 saturated carbocycles. The summed E-state index contributed by atoms with van der Waals surface area (Å²) < 4.78 is 37.4. The first-order chi connectivity index (χ1) is 18.9. The Hall–Kier alpha value is -3.24. The number of halogens is 3. The summed E-state index contributed by atoms with van der Waals surface area (Å²) in [4.78, 5) is 41.1. The van der Waals surface area contributed by atoms with E-state index in [0.29, 0.717) is 36.2 Å². The molecule has 0 bridgehead atoms. The lowest BCUT2D eigenvalue weighted by Gasteiger charge is -2.35. The maximum Gasteiger partial charge on any atom is 0.418 e. The standard InChI is InChI=1S/C29H33F2N3O5.ClH/c1-2-38-27(35)23-6-4-3-5-22(23)18-7-10-21(11-8-18)33-14-13-20(16-33)32-28(36)34-26(17-39-29(34)37)19-9-12-24(30)25(31)15-19;/h3-6,9,12,15,18,20-21,26H,2,7-8,10-11,13-14,16-17H2,1H3,(H,32,36);1H/t18-,20-,21-,26-;/m1./s1. The minimum atomic E-state index is -1.04. The summed E-state index contributed by atoms with van der Waals surface area (Å²) >= 11 is 0. The normalized spacial score (nSPS) is 24.8. The Labute approximate surface area is 238 Å². The quantitative estimate of drug-likeness (QED) is 0.452. The highest BCUT2D eigenvalue weighted by atomic mass is 35.5. The monoisotopic (exact) mass is 577 g/mol. The van der Waals surface area contributed by atoms with Gasteiger partial charge in [0.05, 0.1) is 12.2 Å². The Bertz CT molecular complexity index is 1240. The maximum atomic E-state index is 13.8. The summed E-state index contributed by atoms with van der Waals surface area (Å²) in [5, 5.41) is 2.94.